The molecule has 1 amide bonds. The first kappa shape index (κ1) is 17.1. The number of hydrogen-bond donors (Lipinski definition) is 1. The van der Waals surface area contributed by atoms with Crippen LogP contribution in [0.25, 0.3) is 0 Å². The average molecular weight is 294 g/mol. The second-order valence-electron chi connectivity index (χ2n) is 5.06. The molecule has 0 aromatic heterocycles. The lowest BCUT2D eigenvalue weighted by Gasteiger charge is -2.09. The van der Waals surface area contributed by atoms with Gasteiger partial charge in [0.15, 0.2) is 0 Å². The zero-order valence-corrected chi connectivity index (χ0v) is 13.6. The largest absolute Gasteiger partial charge is 0.349 e. The van der Waals surface area contributed by atoms with Gasteiger partial charge in [0.05, 0.1) is 0 Å². The Morgan fingerprint density at radius 1 is 1.25 bits per heavy atom. The molecule has 0 spiro atoms. The third kappa shape index (κ3) is 6.96. The third-order valence-corrected chi connectivity index (χ3v) is 4.08. The molecular weight excluding hydrogens is 268 g/mol. The molecule has 20 heavy (non-hydrogen) atoms. The molecule has 0 radical (unpaired) electrons. The van der Waals surface area contributed by atoms with E-state index < -0.39 is 0 Å². The molecular formula is C16H26N2OS. The normalized spacial score (nSPS) is 10.6. The van der Waals surface area contributed by atoms with Gasteiger partial charge in [-0.2, -0.15) is 0 Å². The van der Waals surface area contributed by atoms with Crippen molar-refractivity contribution in [3.63, 3.8) is 0 Å². The molecule has 0 heterocycles. The number of nitrogens with zero attached hydrogens (tertiary/aromatic N) is 1. The summed E-state index contributed by atoms with van der Waals surface area (Å²) in [5, 5.41) is 3.40. The molecule has 3 nitrogen and oxygen atoms in total. The first-order valence-corrected chi connectivity index (χ1v) is 8.24. The summed E-state index contributed by atoms with van der Waals surface area (Å²) in [5.74, 6) is 1.20. The van der Waals surface area contributed by atoms with Gasteiger partial charge in [-0.25, -0.2) is 0 Å². The molecule has 4 heteroatoms. The topological polar surface area (TPSA) is 32.3 Å². The molecule has 1 aromatic carbocycles. The van der Waals surface area contributed by atoms with Crippen LogP contribution in [0.5, 0.6) is 0 Å². The molecule has 1 aromatic rings. The van der Waals surface area contributed by atoms with Crippen molar-refractivity contribution in [3.05, 3.63) is 29.8 Å². The van der Waals surface area contributed by atoms with Crippen molar-refractivity contribution in [2.45, 2.75) is 37.6 Å². The summed E-state index contributed by atoms with van der Waals surface area (Å²) in [6.07, 6.45) is 2.74. The van der Waals surface area contributed by atoms with Gasteiger partial charge < -0.3 is 10.2 Å². The number of hydrogen-bond acceptors (Lipinski definition) is 3. The number of thioether (sulfide) groups is 1. The fraction of sp³-hybridized carbons (Fsp3) is 0.562. The summed E-state index contributed by atoms with van der Waals surface area (Å²) in [5.41, 5.74) is 1.32. The van der Waals surface area contributed by atoms with Gasteiger partial charge in [0.1, 0.15) is 0 Å². The Labute approximate surface area is 127 Å². The summed E-state index contributed by atoms with van der Waals surface area (Å²) in [6, 6.07) is 8.69. The Kier molecular flexibility index (Phi) is 8.38. The first-order chi connectivity index (χ1) is 9.63. The van der Waals surface area contributed by atoms with E-state index in [9.17, 15) is 4.79 Å². The summed E-state index contributed by atoms with van der Waals surface area (Å²) in [7, 11) is 3.61. The van der Waals surface area contributed by atoms with Crippen molar-refractivity contribution < 1.29 is 4.79 Å². The highest BCUT2D eigenvalue weighted by Crippen LogP contribution is 2.20. The van der Waals surface area contributed by atoms with E-state index >= 15 is 0 Å². The fourth-order valence-corrected chi connectivity index (χ4v) is 2.60. The SMILES string of the molecule is CCCNCc1ccc(SCCCC(=O)N(C)C)cc1. The van der Waals surface area contributed by atoms with Gasteiger partial charge in [0.25, 0.3) is 0 Å². The van der Waals surface area contributed by atoms with E-state index in [1.807, 2.05) is 11.8 Å². The molecule has 0 bridgehead atoms. The maximum atomic E-state index is 11.4. The van der Waals surface area contributed by atoms with Crippen molar-refractivity contribution in [1.29, 1.82) is 0 Å². The van der Waals surface area contributed by atoms with Crippen LogP contribution in [0, 0.1) is 0 Å². The Hall–Kier alpha value is -1.00. The van der Waals surface area contributed by atoms with Crippen LogP contribution in [0.2, 0.25) is 0 Å². The maximum absolute atomic E-state index is 11.4. The maximum Gasteiger partial charge on any atom is 0.222 e. The summed E-state index contributed by atoms with van der Waals surface area (Å²) >= 11 is 1.82. The Morgan fingerprint density at radius 2 is 1.95 bits per heavy atom. The molecule has 0 atom stereocenters. The van der Waals surface area contributed by atoms with Crippen molar-refractivity contribution in [2.24, 2.45) is 0 Å². The van der Waals surface area contributed by atoms with E-state index in [-0.39, 0.29) is 5.91 Å². The monoisotopic (exact) mass is 294 g/mol. The smallest absolute Gasteiger partial charge is 0.222 e. The zero-order valence-electron chi connectivity index (χ0n) is 12.8. The van der Waals surface area contributed by atoms with Crippen LogP contribution in [0.4, 0.5) is 0 Å². The van der Waals surface area contributed by atoms with Gasteiger partial charge in [0, 0.05) is 32.0 Å². The average Bonchev–Trinajstić information content (AvgIpc) is 2.45. The molecule has 112 valence electrons. The first-order valence-electron chi connectivity index (χ1n) is 7.26. The van der Waals surface area contributed by atoms with Gasteiger partial charge in [-0.05, 0) is 42.8 Å². The molecule has 0 aliphatic rings. The number of carbonyl (C=O) groups is 1. The van der Waals surface area contributed by atoms with E-state index in [1.165, 1.54) is 16.9 Å². The van der Waals surface area contributed by atoms with Crippen molar-refractivity contribution in [1.82, 2.24) is 10.2 Å². The van der Waals surface area contributed by atoms with Gasteiger partial charge >= 0.3 is 0 Å². The number of benzene rings is 1. The molecule has 1 rings (SSSR count). The summed E-state index contributed by atoms with van der Waals surface area (Å²) in [4.78, 5) is 14.4. The van der Waals surface area contributed by atoms with Crippen LogP contribution in [0.1, 0.15) is 31.7 Å². The van der Waals surface area contributed by atoms with Crippen molar-refractivity contribution in [3.8, 4) is 0 Å². The molecule has 0 saturated heterocycles. The quantitative estimate of drug-likeness (QED) is 0.561. The van der Waals surface area contributed by atoms with E-state index in [4.69, 9.17) is 0 Å². The summed E-state index contributed by atoms with van der Waals surface area (Å²) < 4.78 is 0. The van der Waals surface area contributed by atoms with E-state index in [2.05, 4.69) is 36.5 Å². The lowest BCUT2D eigenvalue weighted by Crippen LogP contribution is -2.21. The molecule has 0 aliphatic heterocycles. The van der Waals surface area contributed by atoms with Crippen LogP contribution in [0.3, 0.4) is 0 Å². The van der Waals surface area contributed by atoms with Crippen molar-refractivity contribution in [2.75, 3.05) is 26.4 Å². The minimum atomic E-state index is 0.211. The minimum Gasteiger partial charge on any atom is -0.349 e. The van der Waals surface area contributed by atoms with E-state index in [1.54, 1.807) is 19.0 Å². The number of amides is 1. The number of carbonyl (C=O) groups excluding carboxylic acids is 1. The Balaban J connectivity index is 2.22. The van der Waals surface area contributed by atoms with Crippen LogP contribution in [0.15, 0.2) is 29.2 Å². The third-order valence-electron chi connectivity index (χ3n) is 2.98. The number of nitrogens with one attached hydrogen (secondary N) is 1. The molecule has 0 saturated carbocycles. The Morgan fingerprint density at radius 3 is 2.55 bits per heavy atom. The van der Waals surface area contributed by atoms with Crippen LogP contribution >= 0.6 is 11.8 Å². The predicted molar refractivity (Wildman–Crippen MR) is 87.1 cm³/mol. The highest BCUT2D eigenvalue weighted by atomic mass is 32.2. The van der Waals surface area contributed by atoms with Crippen LogP contribution < -0.4 is 5.32 Å². The predicted octanol–water partition coefficient (Wildman–Crippen LogP) is 3.15. The lowest BCUT2D eigenvalue weighted by atomic mass is 10.2. The van der Waals surface area contributed by atoms with Gasteiger partial charge in [-0.15, -0.1) is 11.8 Å². The van der Waals surface area contributed by atoms with E-state index in [0.717, 1.165) is 25.3 Å². The van der Waals surface area contributed by atoms with Gasteiger partial charge in [0.2, 0.25) is 5.91 Å². The highest BCUT2D eigenvalue weighted by Gasteiger charge is 2.03. The van der Waals surface area contributed by atoms with Crippen LogP contribution in [-0.4, -0.2) is 37.2 Å². The lowest BCUT2D eigenvalue weighted by molar-refractivity contribution is -0.128. The van der Waals surface area contributed by atoms with E-state index in [0.29, 0.717) is 6.42 Å². The summed E-state index contributed by atoms with van der Waals surface area (Å²) in [6.45, 7) is 4.18. The standard InChI is InChI=1S/C16H26N2OS/c1-4-11-17-13-14-7-9-15(10-8-14)20-12-5-6-16(19)18(2)3/h7-10,17H,4-6,11-13H2,1-3H3. The highest BCUT2D eigenvalue weighted by molar-refractivity contribution is 7.99. The minimum absolute atomic E-state index is 0.211. The van der Waals surface area contributed by atoms with Gasteiger partial charge in [-0.1, -0.05) is 19.1 Å². The molecule has 0 fully saturated rings. The van der Waals surface area contributed by atoms with Gasteiger partial charge in [-0.3, -0.25) is 4.79 Å². The molecule has 0 unspecified atom stereocenters. The second kappa shape index (κ2) is 9.83. The molecule has 1 N–H and O–H groups in total. The Bertz CT molecular complexity index is 390. The number of rotatable bonds is 9. The zero-order chi connectivity index (χ0) is 14.8. The van der Waals surface area contributed by atoms with Crippen LogP contribution in [-0.2, 0) is 11.3 Å². The molecule has 0 aliphatic carbocycles. The van der Waals surface area contributed by atoms with Crippen molar-refractivity contribution >= 4 is 17.7 Å². The second-order valence-corrected chi connectivity index (χ2v) is 6.23. The fourth-order valence-electron chi connectivity index (χ4n) is 1.75.